The second kappa shape index (κ2) is 9.86. The molecule has 1 saturated heterocycles. The van der Waals surface area contributed by atoms with Gasteiger partial charge in [-0.25, -0.2) is 0 Å². The van der Waals surface area contributed by atoms with Crippen molar-refractivity contribution in [2.75, 3.05) is 23.7 Å². The largest absolute Gasteiger partial charge is 0.366 e. The van der Waals surface area contributed by atoms with E-state index in [1.54, 1.807) is 42.5 Å². The molecule has 2 aromatic carbocycles. The summed E-state index contributed by atoms with van der Waals surface area (Å²) in [7, 11) is 0. The Bertz CT molecular complexity index is 1130. The van der Waals surface area contributed by atoms with Gasteiger partial charge in [-0.15, -0.1) is 0 Å². The first-order chi connectivity index (χ1) is 15.9. The van der Waals surface area contributed by atoms with Gasteiger partial charge in [0.15, 0.2) is 5.17 Å². The number of aliphatic imine (C=N–C) groups is 1. The van der Waals surface area contributed by atoms with Crippen molar-refractivity contribution in [3.63, 3.8) is 0 Å². The number of primary amides is 1. The van der Waals surface area contributed by atoms with Crippen LogP contribution in [0.5, 0.6) is 0 Å². The number of rotatable bonds is 6. The van der Waals surface area contributed by atoms with E-state index < -0.39 is 17.1 Å². The highest BCUT2D eigenvalue weighted by atomic mass is 32.2. The number of amides is 4. The Morgan fingerprint density at radius 1 is 1.03 bits per heavy atom. The fraction of sp³-hybridized carbons (Fsp3) is 0.261. The van der Waals surface area contributed by atoms with Crippen LogP contribution in [0, 0.1) is 0 Å². The van der Waals surface area contributed by atoms with Crippen LogP contribution in [0.4, 0.5) is 11.4 Å². The molecule has 2 aromatic rings. The molecular weight excluding hydrogens is 442 g/mol. The molecule has 33 heavy (non-hydrogen) atoms. The number of carbonyl (C=O) groups excluding carboxylic acids is 4. The Morgan fingerprint density at radius 3 is 2.42 bits per heavy atom. The van der Waals surface area contributed by atoms with Crippen molar-refractivity contribution >= 4 is 51.9 Å². The van der Waals surface area contributed by atoms with Gasteiger partial charge in [0.2, 0.25) is 5.91 Å². The van der Waals surface area contributed by atoms with Crippen LogP contribution in [0.3, 0.4) is 0 Å². The first-order valence-corrected chi connectivity index (χ1v) is 11.4. The highest BCUT2D eigenvalue weighted by Gasteiger charge is 2.33. The summed E-state index contributed by atoms with van der Waals surface area (Å²) in [6.07, 6.45) is 2.20. The normalized spacial score (nSPS) is 17.6. The summed E-state index contributed by atoms with van der Waals surface area (Å²) in [6, 6.07) is 12.8. The molecule has 0 saturated carbocycles. The second-order valence-electron chi connectivity index (χ2n) is 7.73. The van der Waals surface area contributed by atoms with E-state index in [0.717, 1.165) is 25.9 Å². The molecule has 10 heteroatoms. The number of hydrogen-bond acceptors (Lipinski definition) is 6. The van der Waals surface area contributed by atoms with Gasteiger partial charge in [0.25, 0.3) is 17.7 Å². The molecule has 2 aliphatic heterocycles. The van der Waals surface area contributed by atoms with Gasteiger partial charge >= 0.3 is 0 Å². The molecule has 1 fully saturated rings. The molecule has 0 aliphatic carbocycles. The molecule has 0 aromatic heterocycles. The predicted octanol–water partition coefficient (Wildman–Crippen LogP) is 2.46. The standard InChI is InChI=1S/C23H23N5O4S/c24-20(30)16-5-1-2-6-17(16)26-21(31)14-7-9-15(10-8-14)25-19(29)13-18-22(32)27-23(33-18)28-11-3-4-12-28/h1-2,5-10,18H,3-4,11-13H2,(H2,24,30)(H,25,29)(H,26,31). The van der Waals surface area contributed by atoms with E-state index in [9.17, 15) is 19.2 Å². The Kier molecular flexibility index (Phi) is 6.74. The molecule has 2 aliphatic rings. The number of nitrogens with one attached hydrogen (secondary N) is 2. The zero-order chi connectivity index (χ0) is 23.4. The van der Waals surface area contributed by atoms with E-state index in [0.29, 0.717) is 22.1 Å². The lowest BCUT2D eigenvalue weighted by Gasteiger charge is -2.16. The number of nitrogens with two attached hydrogens (primary N) is 1. The van der Waals surface area contributed by atoms with Gasteiger partial charge in [-0.3, -0.25) is 19.2 Å². The number of carbonyl (C=O) groups is 4. The lowest BCUT2D eigenvalue weighted by molar-refractivity contribution is -0.121. The lowest BCUT2D eigenvalue weighted by atomic mass is 10.1. The quantitative estimate of drug-likeness (QED) is 0.600. The smallest absolute Gasteiger partial charge is 0.262 e. The maximum atomic E-state index is 12.5. The number of thioether (sulfide) groups is 1. The molecular formula is C23H23N5O4S. The van der Waals surface area contributed by atoms with Crippen molar-refractivity contribution in [2.45, 2.75) is 24.5 Å². The molecule has 4 amide bonds. The molecule has 9 nitrogen and oxygen atoms in total. The van der Waals surface area contributed by atoms with Gasteiger partial charge < -0.3 is 21.3 Å². The summed E-state index contributed by atoms with van der Waals surface area (Å²) in [6.45, 7) is 1.79. The maximum absolute atomic E-state index is 12.5. The second-order valence-corrected chi connectivity index (χ2v) is 8.90. The van der Waals surface area contributed by atoms with E-state index in [4.69, 9.17) is 5.73 Å². The van der Waals surface area contributed by atoms with E-state index in [2.05, 4.69) is 20.5 Å². The van der Waals surface area contributed by atoms with Gasteiger partial charge in [0, 0.05) is 30.8 Å². The van der Waals surface area contributed by atoms with E-state index >= 15 is 0 Å². The van der Waals surface area contributed by atoms with Crippen molar-refractivity contribution < 1.29 is 19.2 Å². The summed E-state index contributed by atoms with van der Waals surface area (Å²) in [5, 5.41) is 5.61. The molecule has 2 heterocycles. The monoisotopic (exact) mass is 465 g/mol. The third kappa shape index (κ3) is 5.40. The Labute approximate surface area is 194 Å². The molecule has 0 spiro atoms. The molecule has 1 unspecified atom stereocenters. The lowest BCUT2D eigenvalue weighted by Crippen LogP contribution is -2.25. The third-order valence-electron chi connectivity index (χ3n) is 5.35. The zero-order valence-electron chi connectivity index (χ0n) is 17.7. The number of benzene rings is 2. The van der Waals surface area contributed by atoms with E-state index in [1.165, 1.54) is 17.8 Å². The van der Waals surface area contributed by atoms with Gasteiger partial charge in [-0.2, -0.15) is 4.99 Å². The van der Waals surface area contributed by atoms with Crippen molar-refractivity contribution in [1.82, 2.24) is 4.90 Å². The molecule has 0 radical (unpaired) electrons. The molecule has 4 N–H and O–H groups in total. The molecule has 0 bridgehead atoms. The van der Waals surface area contributed by atoms with Gasteiger partial charge in [-0.1, -0.05) is 23.9 Å². The minimum atomic E-state index is -0.638. The highest BCUT2D eigenvalue weighted by molar-refractivity contribution is 8.15. The van der Waals surface area contributed by atoms with Crippen LogP contribution in [-0.4, -0.2) is 52.0 Å². The van der Waals surface area contributed by atoms with Crippen LogP contribution in [0.2, 0.25) is 0 Å². The van der Waals surface area contributed by atoms with Crippen LogP contribution in [0.1, 0.15) is 40.0 Å². The number of amidine groups is 1. The Balaban J connectivity index is 1.31. The maximum Gasteiger partial charge on any atom is 0.262 e. The number of likely N-dealkylation sites (tertiary alicyclic amines) is 1. The Morgan fingerprint density at radius 2 is 1.73 bits per heavy atom. The summed E-state index contributed by atoms with van der Waals surface area (Å²) in [5.74, 6) is -1.63. The van der Waals surface area contributed by atoms with Crippen molar-refractivity contribution in [2.24, 2.45) is 10.7 Å². The minimum absolute atomic E-state index is 0.0243. The Hall–Kier alpha value is -3.66. The fourth-order valence-electron chi connectivity index (χ4n) is 3.64. The van der Waals surface area contributed by atoms with E-state index in [1.807, 2.05) is 0 Å². The zero-order valence-corrected chi connectivity index (χ0v) is 18.6. The number of nitrogens with zero attached hydrogens (tertiary/aromatic N) is 2. The first-order valence-electron chi connectivity index (χ1n) is 10.5. The summed E-state index contributed by atoms with van der Waals surface area (Å²) in [4.78, 5) is 54.8. The molecule has 170 valence electrons. The van der Waals surface area contributed by atoms with E-state index in [-0.39, 0.29) is 23.8 Å². The van der Waals surface area contributed by atoms with Gasteiger partial charge in [0.1, 0.15) is 5.25 Å². The number of anilines is 2. The average molecular weight is 466 g/mol. The topological polar surface area (TPSA) is 134 Å². The minimum Gasteiger partial charge on any atom is -0.366 e. The van der Waals surface area contributed by atoms with Crippen molar-refractivity contribution in [3.8, 4) is 0 Å². The van der Waals surface area contributed by atoms with Crippen molar-refractivity contribution in [3.05, 3.63) is 59.7 Å². The van der Waals surface area contributed by atoms with Crippen LogP contribution in [0.25, 0.3) is 0 Å². The first kappa shape index (κ1) is 22.5. The number of para-hydroxylation sites is 1. The molecule has 1 atom stereocenters. The van der Waals surface area contributed by atoms with Crippen LogP contribution in [-0.2, 0) is 9.59 Å². The summed E-state index contributed by atoms with van der Waals surface area (Å²) in [5.41, 5.74) is 6.72. The highest BCUT2D eigenvalue weighted by Crippen LogP contribution is 2.29. The predicted molar refractivity (Wildman–Crippen MR) is 127 cm³/mol. The van der Waals surface area contributed by atoms with Gasteiger partial charge in [0.05, 0.1) is 11.3 Å². The van der Waals surface area contributed by atoms with Crippen LogP contribution in [0.15, 0.2) is 53.5 Å². The average Bonchev–Trinajstić information content (AvgIpc) is 3.45. The van der Waals surface area contributed by atoms with Crippen LogP contribution < -0.4 is 16.4 Å². The fourth-order valence-corrected chi connectivity index (χ4v) is 4.76. The SMILES string of the molecule is NC(=O)c1ccccc1NC(=O)c1ccc(NC(=O)CC2SC(N3CCCC3)=NC2=O)cc1. The van der Waals surface area contributed by atoms with Crippen molar-refractivity contribution in [1.29, 1.82) is 0 Å². The summed E-state index contributed by atoms with van der Waals surface area (Å²) < 4.78 is 0. The summed E-state index contributed by atoms with van der Waals surface area (Å²) >= 11 is 1.35. The number of hydrogen-bond donors (Lipinski definition) is 3. The third-order valence-corrected chi connectivity index (χ3v) is 6.56. The van der Waals surface area contributed by atoms with Gasteiger partial charge in [-0.05, 0) is 49.2 Å². The van der Waals surface area contributed by atoms with Crippen LogP contribution >= 0.6 is 11.8 Å². The molecule has 4 rings (SSSR count).